The Hall–Kier alpha value is -2.61. The lowest BCUT2D eigenvalue weighted by atomic mass is 10.1. The highest BCUT2D eigenvalue weighted by Gasteiger charge is 2.23. The van der Waals surface area contributed by atoms with Gasteiger partial charge in [-0.25, -0.2) is 23.5 Å². The van der Waals surface area contributed by atoms with Gasteiger partial charge in [0, 0.05) is 11.3 Å². The molecule has 0 bridgehead atoms. The molecule has 0 aliphatic rings. The van der Waals surface area contributed by atoms with Gasteiger partial charge in [-0.1, -0.05) is 35.2 Å². The number of nitrogens with zero attached hydrogens (tertiary/aromatic N) is 3. The number of carboxylic acid groups (broad SMARTS) is 1. The third-order valence-electron chi connectivity index (χ3n) is 4.25. The van der Waals surface area contributed by atoms with Crippen LogP contribution < -0.4 is 10.6 Å². The van der Waals surface area contributed by atoms with Crippen LogP contribution in [0, 0.1) is 11.6 Å². The van der Waals surface area contributed by atoms with E-state index in [2.05, 4.69) is 25.6 Å². The van der Waals surface area contributed by atoms with Gasteiger partial charge >= 0.3 is 5.97 Å². The molecule has 5 N–H and O–H groups in total. The van der Waals surface area contributed by atoms with Crippen molar-refractivity contribution in [1.29, 1.82) is 0 Å². The smallest absolute Gasteiger partial charge is 0.328 e. The summed E-state index contributed by atoms with van der Waals surface area (Å²) in [7, 11) is 0. The van der Waals surface area contributed by atoms with Crippen molar-refractivity contribution in [2.75, 3.05) is 23.8 Å². The van der Waals surface area contributed by atoms with Crippen molar-refractivity contribution >= 4 is 50.4 Å². The van der Waals surface area contributed by atoms with Crippen LogP contribution in [0.4, 0.5) is 19.7 Å². The zero-order valence-corrected chi connectivity index (χ0v) is 18.7. The fraction of sp³-hybridized carbons (Fsp3) is 0.368. The summed E-state index contributed by atoms with van der Waals surface area (Å²) in [4.78, 5) is 24.3. The number of aliphatic hydroxyl groups is 2. The van der Waals surface area contributed by atoms with Crippen LogP contribution in [0.15, 0.2) is 23.4 Å². The van der Waals surface area contributed by atoms with E-state index in [0.29, 0.717) is 10.5 Å². The quantitative estimate of drug-likeness (QED) is 0.215. The van der Waals surface area contributed by atoms with Gasteiger partial charge in [0.25, 0.3) is 0 Å². The van der Waals surface area contributed by atoms with Crippen LogP contribution in [0.5, 0.6) is 0 Å². The molecule has 13 heteroatoms. The van der Waals surface area contributed by atoms with E-state index in [0.717, 1.165) is 29.2 Å². The highest BCUT2D eigenvalue weighted by atomic mass is 32.2. The second-order valence-electron chi connectivity index (χ2n) is 7.41. The number of thioether (sulfide) groups is 1. The molecule has 3 rings (SSSR count). The first-order valence-electron chi connectivity index (χ1n) is 9.37. The fourth-order valence-electron chi connectivity index (χ4n) is 2.51. The second kappa shape index (κ2) is 9.90. The van der Waals surface area contributed by atoms with Crippen LogP contribution in [-0.4, -0.2) is 61.0 Å². The number of hydrogen-bond acceptors (Lipinski definition) is 10. The van der Waals surface area contributed by atoms with Crippen LogP contribution in [0.2, 0.25) is 0 Å². The number of anilines is 2. The number of carboxylic acids is 1. The Labute approximate surface area is 189 Å². The lowest BCUT2D eigenvalue weighted by Gasteiger charge is -2.24. The monoisotopic (exact) mass is 485 g/mol. The summed E-state index contributed by atoms with van der Waals surface area (Å²) >= 11 is 2.15. The molecule has 0 spiro atoms. The molecule has 2 aromatic heterocycles. The Morgan fingerprint density at radius 1 is 1.25 bits per heavy atom. The Kier molecular flexibility index (Phi) is 7.44. The molecule has 32 heavy (non-hydrogen) atoms. The summed E-state index contributed by atoms with van der Waals surface area (Å²) in [6.45, 7) is 2.66. The van der Waals surface area contributed by atoms with Crippen LogP contribution >= 0.6 is 23.1 Å². The van der Waals surface area contributed by atoms with Crippen LogP contribution in [0.1, 0.15) is 19.4 Å². The Morgan fingerprint density at radius 3 is 2.66 bits per heavy atom. The third kappa shape index (κ3) is 5.59. The first-order chi connectivity index (χ1) is 15.1. The van der Waals surface area contributed by atoms with Gasteiger partial charge in [-0.05, 0) is 19.9 Å². The summed E-state index contributed by atoms with van der Waals surface area (Å²) in [5.74, 6) is -2.72. The number of nitrogens with one attached hydrogen (secondary N) is 2. The summed E-state index contributed by atoms with van der Waals surface area (Å²) in [6, 6.07) is 2.65. The van der Waals surface area contributed by atoms with E-state index >= 15 is 0 Å². The van der Waals surface area contributed by atoms with Crippen molar-refractivity contribution < 1.29 is 28.9 Å². The summed E-state index contributed by atoms with van der Waals surface area (Å²) in [5, 5.41) is 34.2. The third-order valence-corrected chi connectivity index (χ3v) is 6.13. The maximum Gasteiger partial charge on any atom is 0.328 e. The van der Waals surface area contributed by atoms with Crippen molar-refractivity contribution in [2.45, 2.75) is 36.3 Å². The normalized spacial score (nSPS) is 12.7. The van der Waals surface area contributed by atoms with E-state index < -0.39 is 35.8 Å². The Bertz CT molecular complexity index is 1130. The zero-order chi connectivity index (χ0) is 23.5. The van der Waals surface area contributed by atoms with E-state index in [9.17, 15) is 23.8 Å². The highest BCUT2D eigenvalue weighted by Crippen LogP contribution is 2.34. The van der Waals surface area contributed by atoms with Crippen molar-refractivity contribution in [3.63, 3.8) is 0 Å². The predicted octanol–water partition coefficient (Wildman–Crippen LogP) is 2.70. The standard InChI is InChI=1S/C19H21F2N5O4S2/c1-19(2,8-28)26-15-13-14(24-18(32-13)22-11(6-27)16(29)30)23-17(25-15)31-7-9-4-3-5-10(20)12(9)21/h3-5,11,27-28H,6-8H2,1-2H3,(H,29,30)(H2,22,23,24,25,26). The number of hydrogen-bond donors (Lipinski definition) is 5. The number of carbonyl (C=O) groups is 1. The van der Waals surface area contributed by atoms with Gasteiger partial charge in [0.15, 0.2) is 33.4 Å². The molecule has 1 aromatic carbocycles. The SMILES string of the molecule is CC(C)(CO)Nc1nc(SCc2cccc(F)c2F)nc2nc(NC(CO)C(=O)O)sc12. The lowest BCUT2D eigenvalue weighted by Crippen LogP contribution is -2.35. The van der Waals surface area contributed by atoms with E-state index in [1.807, 2.05) is 0 Å². The minimum absolute atomic E-state index is 0.0682. The molecular formula is C19H21F2N5O4S2. The number of benzene rings is 1. The van der Waals surface area contributed by atoms with Gasteiger partial charge in [0.2, 0.25) is 0 Å². The maximum atomic E-state index is 14.0. The molecule has 0 saturated heterocycles. The van der Waals surface area contributed by atoms with Gasteiger partial charge < -0.3 is 26.0 Å². The predicted molar refractivity (Wildman–Crippen MR) is 118 cm³/mol. The van der Waals surface area contributed by atoms with Crippen molar-refractivity contribution in [3.05, 3.63) is 35.4 Å². The molecule has 0 saturated carbocycles. The molecule has 0 amide bonds. The van der Waals surface area contributed by atoms with Crippen molar-refractivity contribution in [2.24, 2.45) is 0 Å². The average Bonchev–Trinajstić information content (AvgIpc) is 3.15. The lowest BCUT2D eigenvalue weighted by molar-refractivity contribution is -0.138. The summed E-state index contributed by atoms with van der Waals surface area (Å²) in [5.41, 5.74) is -0.353. The number of thiazole rings is 1. The molecule has 1 unspecified atom stereocenters. The number of rotatable bonds is 10. The van der Waals surface area contributed by atoms with E-state index in [1.165, 1.54) is 12.1 Å². The molecule has 0 fully saturated rings. The molecule has 9 nitrogen and oxygen atoms in total. The second-order valence-corrected chi connectivity index (χ2v) is 9.35. The topological polar surface area (TPSA) is 140 Å². The number of aliphatic hydroxyl groups excluding tert-OH is 2. The van der Waals surface area contributed by atoms with E-state index in [1.54, 1.807) is 13.8 Å². The molecule has 2 heterocycles. The Morgan fingerprint density at radius 2 is 2.00 bits per heavy atom. The molecule has 0 radical (unpaired) electrons. The zero-order valence-electron chi connectivity index (χ0n) is 17.1. The van der Waals surface area contributed by atoms with Gasteiger partial charge in [-0.2, -0.15) is 4.98 Å². The van der Waals surface area contributed by atoms with Gasteiger partial charge in [-0.3, -0.25) is 0 Å². The van der Waals surface area contributed by atoms with E-state index in [-0.39, 0.29) is 33.9 Å². The van der Waals surface area contributed by atoms with Gasteiger partial charge in [-0.15, -0.1) is 0 Å². The number of halogens is 2. The molecule has 0 aliphatic heterocycles. The fourth-order valence-corrected chi connectivity index (χ4v) is 4.23. The summed E-state index contributed by atoms with van der Waals surface area (Å²) < 4.78 is 27.9. The molecule has 1 atom stereocenters. The summed E-state index contributed by atoms with van der Waals surface area (Å²) in [6.07, 6.45) is 0. The molecular weight excluding hydrogens is 464 g/mol. The highest BCUT2D eigenvalue weighted by molar-refractivity contribution is 7.98. The first-order valence-corrected chi connectivity index (χ1v) is 11.2. The molecule has 3 aromatic rings. The van der Waals surface area contributed by atoms with Gasteiger partial charge in [0.05, 0.1) is 18.8 Å². The average molecular weight is 486 g/mol. The number of fused-ring (bicyclic) bond motifs is 1. The van der Waals surface area contributed by atoms with Crippen LogP contribution in [0.3, 0.4) is 0 Å². The maximum absolute atomic E-state index is 14.0. The largest absolute Gasteiger partial charge is 0.480 e. The van der Waals surface area contributed by atoms with Crippen molar-refractivity contribution in [3.8, 4) is 0 Å². The van der Waals surface area contributed by atoms with Crippen LogP contribution in [0.25, 0.3) is 10.3 Å². The number of aromatic nitrogens is 3. The van der Waals surface area contributed by atoms with E-state index in [4.69, 9.17) is 5.11 Å². The minimum Gasteiger partial charge on any atom is -0.480 e. The Balaban J connectivity index is 1.96. The van der Waals surface area contributed by atoms with Crippen molar-refractivity contribution in [1.82, 2.24) is 15.0 Å². The number of aliphatic carboxylic acids is 1. The van der Waals surface area contributed by atoms with Gasteiger partial charge in [0.1, 0.15) is 10.7 Å². The minimum atomic E-state index is -1.25. The molecule has 0 aliphatic carbocycles. The molecule has 172 valence electrons. The first kappa shape index (κ1) is 24.0. The van der Waals surface area contributed by atoms with Crippen LogP contribution in [-0.2, 0) is 10.5 Å².